The molecule has 0 bridgehead atoms. The van der Waals surface area contributed by atoms with Crippen LogP contribution in [0.3, 0.4) is 0 Å². The Morgan fingerprint density at radius 2 is 2.25 bits per heavy atom. The molecule has 16 heavy (non-hydrogen) atoms. The molecule has 0 aliphatic carbocycles. The largest absolute Gasteiger partial charge is 0.396 e. The van der Waals surface area contributed by atoms with Gasteiger partial charge in [0.15, 0.2) is 0 Å². The van der Waals surface area contributed by atoms with Crippen molar-refractivity contribution in [1.29, 1.82) is 0 Å². The number of aromatic nitrogens is 1. The first-order chi connectivity index (χ1) is 7.54. The number of pyridine rings is 1. The molecule has 1 heterocycles. The maximum absolute atomic E-state index is 11.7. The molecule has 0 fully saturated rings. The van der Waals surface area contributed by atoms with Crippen LogP contribution in [-0.2, 0) is 0 Å². The molecule has 0 aromatic carbocycles. The Labute approximate surface area is 104 Å². The van der Waals surface area contributed by atoms with Crippen LogP contribution in [-0.4, -0.2) is 28.6 Å². The third kappa shape index (κ3) is 3.63. The van der Waals surface area contributed by atoms with Gasteiger partial charge in [-0.25, -0.2) is 4.98 Å². The first-order valence-electron chi connectivity index (χ1n) is 4.78. The molecule has 1 rings (SSSR count). The summed E-state index contributed by atoms with van der Waals surface area (Å²) in [6.07, 6.45) is 0.490. The standard InChI is InChI=1S/C10H12Cl2N2O2/c1-6(4-5-15)13-10(16)7-2-3-8(11)14-9(7)12/h2-3,6,15H,4-5H2,1H3,(H,13,16). The Kier molecular flexibility index (Phi) is 4.99. The Hall–Kier alpha value is -0.840. The van der Waals surface area contributed by atoms with E-state index < -0.39 is 0 Å². The van der Waals surface area contributed by atoms with Gasteiger partial charge in [0.25, 0.3) is 5.91 Å². The molecule has 2 N–H and O–H groups in total. The highest BCUT2D eigenvalue weighted by Crippen LogP contribution is 2.16. The zero-order valence-corrected chi connectivity index (χ0v) is 10.2. The van der Waals surface area contributed by atoms with Gasteiger partial charge in [0.1, 0.15) is 10.3 Å². The van der Waals surface area contributed by atoms with Crippen molar-refractivity contribution in [3.63, 3.8) is 0 Å². The molecular weight excluding hydrogens is 251 g/mol. The van der Waals surface area contributed by atoms with Gasteiger partial charge in [-0.1, -0.05) is 23.2 Å². The summed E-state index contributed by atoms with van der Waals surface area (Å²) >= 11 is 11.4. The minimum atomic E-state index is -0.324. The predicted molar refractivity (Wildman–Crippen MR) is 62.9 cm³/mol. The van der Waals surface area contributed by atoms with E-state index in [1.54, 1.807) is 6.92 Å². The summed E-state index contributed by atoms with van der Waals surface area (Å²) in [7, 11) is 0. The van der Waals surface area contributed by atoms with E-state index in [9.17, 15) is 4.79 Å². The third-order valence-electron chi connectivity index (χ3n) is 2.00. The summed E-state index contributed by atoms with van der Waals surface area (Å²) in [5.74, 6) is -0.324. The fraction of sp³-hybridized carbons (Fsp3) is 0.400. The van der Waals surface area contributed by atoms with Crippen LogP contribution in [0.5, 0.6) is 0 Å². The van der Waals surface area contributed by atoms with Gasteiger partial charge < -0.3 is 10.4 Å². The van der Waals surface area contributed by atoms with Crippen LogP contribution in [0.2, 0.25) is 10.3 Å². The van der Waals surface area contributed by atoms with E-state index in [2.05, 4.69) is 10.3 Å². The Bertz CT molecular complexity index is 385. The summed E-state index contributed by atoms with van der Waals surface area (Å²) in [6.45, 7) is 1.82. The second kappa shape index (κ2) is 6.03. The quantitative estimate of drug-likeness (QED) is 0.815. The van der Waals surface area contributed by atoms with Crippen LogP contribution in [0, 0.1) is 0 Å². The maximum atomic E-state index is 11.7. The average Bonchev–Trinajstić information content (AvgIpc) is 2.17. The molecule has 1 aromatic rings. The number of nitrogens with zero attached hydrogens (tertiary/aromatic N) is 1. The zero-order chi connectivity index (χ0) is 12.1. The van der Waals surface area contributed by atoms with Gasteiger partial charge >= 0.3 is 0 Å². The van der Waals surface area contributed by atoms with E-state index in [0.29, 0.717) is 6.42 Å². The van der Waals surface area contributed by atoms with E-state index >= 15 is 0 Å². The van der Waals surface area contributed by atoms with Crippen LogP contribution in [0.4, 0.5) is 0 Å². The highest BCUT2D eigenvalue weighted by atomic mass is 35.5. The zero-order valence-electron chi connectivity index (χ0n) is 8.70. The molecule has 0 saturated heterocycles. The summed E-state index contributed by atoms with van der Waals surface area (Å²) in [5.41, 5.74) is 0.274. The summed E-state index contributed by atoms with van der Waals surface area (Å²) in [4.78, 5) is 15.5. The smallest absolute Gasteiger partial charge is 0.254 e. The lowest BCUT2D eigenvalue weighted by Crippen LogP contribution is -2.33. The predicted octanol–water partition coefficient (Wildman–Crippen LogP) is 1.89. The first-order valence-corrected chi connectivity index (χ1v) is 5.54. The van der Waals surface area contributed by atoms with Crippen LogP contribution in [0.1, 0.15) is 23.7 Å². The molecule has 0 aliphatic heterocycles. The summed E-state index contributed by atoms with van der Waals surface area (Å²) < 4.78 is 0. The van der Waals surface area contributed by atoms with E-state index in [1.165, 1.54) is 12.1 Å². The van der Waals surface area contributed by atoms with Crippen LogP contribution in [0.15, 0.2) is 12.1 Å². The molecule has 0 radical (unpaired) electrons. The molecule has 4 nitrogen and oxygen atoms in total. The normalized spacial score (nSPS) is 12.2. The fourth-order valence-electron chi connectivity index (χ4n) is 1.15. The SMILES string of the molecule is CC(CCO)NC(=O)c1ccc(Cl)nc1Cl. The second-order valence-corrected chi connectivity index (χ2v) is 4.10. The van der Waals surface area contributed by atoms with E-state index in [0.717, 1.165) is 0 Å². The number of carbonyl (C=O) groups is 1. The van der Waals surface area contributed by atoms with Crippen LogP contribution >= 0.6 is 23.2 Å². The Balaban J connectivity index is 2.73. The first kappa shape index (κ1) is 13.2. The van der Waals surface area contributed by atoms with E-state index in [4.69, 9.17) is 28.3 Å². The van der Waals surface area contributed by atoms with Gasteiger partial charge in [0.05, 0.1) is 5.56 Å². The van der Waals surface area contributed by atoms with Crippen molar-refractivity contribution in [1.82, 2.24) is 10.3 Å². The molecule has 1 unspecified atom stereocenters. The number of hydrogen-bond donors (Lipinski definition) is 2. The van der Waals surface area contributed by atoms with Crippen LogP contribution < -0.4 is 5.32 Å². The second-order valence-electron chi connectivity index (χ2n) is 3.36. The number of aliphatic hydroxyl groups is 1. The van der Waals surface area contributed by atoms with Crippen molar-refractivity contribution >= 4 is 29.1 Å². The summed E-state index contributed by atoms with van der Waals surface area (Å²) in [6, 6.07) is 2.89. The molecule has 6 heteroatoms. The molecular formula is C10H12Cl2N2O2. The van der Waals surface area contributed by atoms with Gasteiger partial charge in [0.2, 0.25) is 0 Å². The van der Waals surface area contributed by atoms with Gasteiger partial charge in [-0.2, -0.15) is 0 Å². The number of hydrogen-bond acceptors (Lipinski definition) is 3. The number of halogens is 2. The lowest BCUT2D eigenvalue weighted by molar-refractivity contribution is 0.0934. The monoisotopic (exact) mass is 262 g/mol. The van der Waals surface area contributed by atoms with E-state index in [-0.39, 0.29) is 34.4 Å². The molecule has 1 amide bonds. The van der Waals surface area contributed by atoms with Crippen LogP contribution in [0.25, 0.3) is 0 Å². The van der Waals surface area contributed by atoms with Gasteiger partial charge in [-0.3, -0.25) is 4.79 Å². The molecule has 0 saturated carbocycles. The van der Waals surface area contributed by atoms with Gasteiger partial charge in [-0.15, -0.1) is 0 Å². The molecule has 88 valence electrons. The number of amides is 1. The average molecular weight is 263 g/mol. The highest BCUT2D eigenvalue weighted by molar-refractivity contribution is 6.34. The van der Waals surface area contributed by atoms with Crippen molar-refractivity contribution in [2.24, 2.45) is 0 Å². The maximum Gasteiger partial charge on any atom is 0.254 e. The lowest BCUT2D eigenvalue weighted by Gasteiger charge is -2.12. The number of carbonyl (C=O) groups excluding carboxylic acids is 1. The van der Waals surface area contributed by atoms with Gasteiger partial charge in [-0.05, 0) is 25.5 Å². The number of rotatable bonds is 4. The van der Waals surface area contributed by atoms with E-state index in [1.807, 2.05) is 0 Å². The van der Waals surface area contributed by atoms with Crippen molar-refractivity contribution in [2.45, 2.75) is 19.4 Å². The number of nitrogens with one attached hydrogen (secondary N) is 1. The minimum Gasteiger partial charge on any atom is -0.396 e. The third-order valence-corrected chi connectivity index (χ3v) is 2.50. The molecule has 0 spiro atoms. The Morgan fingerprint density at radius 3 is 2.81 bits per heavy atom. The molecule has 0 aliphatic rings. The van der Waals surface area contributed by atoms with Crippen molar-refractivity contribution in [3.05, 3.63) is 28.0 Å². The van der Waals surface area contributed by atoms with Crippen molar-refractivity contribution < 1.29 is 9.90 Å². The molecule has 1 aromatic heterocycles. The number of aliphatic hydroxyl groups excluding tert-OH is 1. The summed E-state index contributed by atoms with van der Waals surface area (Å²) in [5, 5.41) is 11.7. The molecule has 1 atom stereocenters. The van der Waals surface area contributed by atoms with Crippen molar-refractivity contribution in [3.8, 4) is 0 Å². The highest BCUT2D eigenvalue weighted by Gasteiger charge is 2.13. The topological polar surface area (TPSA) is 62.2 Å². The Morgan fingerprint density at radius 1 is 1.56 bits per heavy atom. The van der Waals surface area contributed by atoms with Gasteiger partial charge in [0, 0.05) is 12.6 Å². The minimum absolute atomic E-state index is 0.0219. The fourth-order valence-corrected chi connectivity index (χ4v) is 1.58. The van der Waals surface area contributed by atoms with Crippen molar-refractivity contribution in [2.75, 3.05) is 6.61 Å². The lowest BCUT2D eigenvalue weighted by atomic mass is 10.2.